The lowest BCUT2D eigenvalue weighted by atomic mass is 10.6. The molecule has 0 N–H and O–H groups in total. The van der Waals surface area contributed by atoms with Crippen molar-refractivity contribution in [1.82, 2.24) is 0 Å². The Morgan fingerprint density at radius 3 is 0.619 bits per heavy atom. The van der Waals surface area contributed by atoms with Gasteiger partial charge in [0.15, 0.2) is 0 Å². The van der Waals surface area contributed by atoms with E-state index in [2.05, 4.69) is 6.58 Å². The molecule has 0 aliphatic heterocycles. The fraction of sp³-hybridized carbons (Fsp3) is 0.931. The lowest BCUT2D eigenvalue weighted by molar-refractivity contribution is -0.0288. The van der Waals surface area contributed by atoms with Crippen molar-refractivity contribution in [3.63, 3.8) is 0 Å². The first-order valence-electron chi connectivity index (χ1n) is 15.0. The smallest absolute Gasteiger partial charge is 0.0704 e. The van der Waals surface area contributed by atoms with Crippen molar-refractivity contribution in [3.05, 3.63) is 12.7 Å². The van der Waals surface area contributed by atoms with Gasteiger partial charge in [0.05, 0.1) is 165 Å². The quantitative estimate of drug-likeness (QED) is 0.0734. The number of hydrogen-bond acceptors (Lipinski definition) is 13. The third-order valence-corrected chi connectivity index (χ3v) is 4.90. The molecule has 0 fully saturated rings. The van der Waals surface area contributed by atoms with Crippen LogP contribution in [-0.2, 0) is 61.6 Å². The molecular weight excluding hydrogens is 556 g/mol. The van der Waals surface area contributed by atoms with Crippen molar-refractivity contribution in [3.8, 4) is 0 Å². The highest BCUT2D eigenvalue weighted by atomic mass is 16.6. The van der Waals surface area contributed by atoms with Gasteiger partial charge in [0.1, 0.15) is 0 Å². The van der Waals surface area contributed by atoms with E-state index in [1.54, 1.807) is 6.08 Å². The third-order valence-electron chi connectivity index (χ3n) is 4.90. The fourth-order valence-electron chi connectivity index (χ4n) is 2.85. The number of rotatable bonds is 39. The molecule has 0 aliphatic rings. The summed E-state index contributed by atoms with van der Waals surface area (Å²) in [6, 6.07) is 0. The molecule has 0 radical (unpaired) electrons. The van der Waals surface area contributed by atoms with E-state index in [0.29, 0.717) is 172 Å². The Hall–Kier alpha value is -0.780. The van der Waals surface area contributed by atoms with Crippen LogP contribution in [0.1, 0.15) is 6.92 Å². The van der Waals surface area contributed by atoms with Crippen molar-refractivity contribution < 1.29 is 61.6 Å². The summed E-state index contributed by atoms with van der Waals surface area (Å²) in [6.45, 7) is 19.6. The first-order valence-corrected chi connectivity index (χ1v) is 15.0. The minimum atomic E-state index is 0.513. The first-order chi connectivity index (χ1) is 20.9. The zero-order valence-electron chi connectivity index (χ0n) is 26.0. The van der Waals surface area contributed by atoms with Crippen LogP contribution < -0.4 is 0 Å². The summed E-state index contributed by atoms with van der Waals surface area (Å²) < 4.78 is 70.2. The number of hydrogen-bond donors (Lipinski definition) is 0. The van der Waals surface area contributed by atoms with Gasteiger partial charge in [0.25, 0.3) is 0 Å². The second-order valence-electron chi connectivity index (χ2n) is 8.30. The monoisotopic (exact) mass is 614 g/mol. The lowest BCUT2D eigenvalue weighted by Crippen LogP contribution is -2.15. The van der Waals surface area contributed by atoms with Gasteiger partial charge in [-0.25, -0.2) is 0 Å². The van der Waals surface area contributed by atoms with Crippen molar-refractivity contribution in [2.75, 3.05) is 172 Å². The normalized spacial score (nSPS) is 11.5. The van der Waals surface area contributed by atoms with Gasteiger partial charge in [-0.2, -0.15) is 0 Å². The summed E-state index contributed by atoms with van der Waals surface area (Å²) in [5.74, 6) is 0. The van der Waals surface area contributed by atoms with Crippen LogP contribution >= 0.6 is 0 Å². The van der Waals surface area contributed by atoms with Gasteiger partial charge in [-0.1, -0.05) is 6.08 Å². The topological polar surface area (TPSA) is 120 Å². The summed E-state index contributed by atoms with van der Waals surface area (Å²) in [6.07, 6.45) is 1.71. The van der Waals surface area contributed by atoms with E-state index in [1.165, 1.54) is 0 Å². The highest BCUT2D eigenvalue weighted by molar-refractivity contribution is 4.63. The molecule has 0 saturated carbocycles. The van der Waals surface area contributed by atoms with Gasteiger partial charge in [-0.3, -0.25) is 0 Å². The summed E-state index contributed by atoms with van der Waals surface area (Å²) in [4.78, 5) is 0. The van der Waals surface area contributed by atoms with E-state index >= 15 is 0 Å². The molecule has 13 nitrogen and oxygen atoms in total. The van der Waals surface area contributed by atoms with Gasteiger partial charge in [0, 0.05) is 6.61 Å². The average molecular weight is 615 g/mol. The third kappa shape index (κ3) is 39.2. The Morgan fingerprint density at radius 2 is 0.452 bits per heavy atom. The number of ether oxygens (including phenoxy) is 13. The lowest BCUT2D eigenvalue weighted by Gasteiger charge is -2.09. The molecule has 0 spiro atoms. The average Bonchev–Trinajstić information content (AvgIpc) is 3.00. The Balaban J connectivity index is 3.02. The van der Waals surface area contributed by atoms with Crippen LogP contribution in [0.3, 0.4) is 0 Å². The maximum Gasteiger partial charge on any atom is 0.0704 e. The second kappa shape index (κ2) is 40.2. The Labute approximate surface area is 253 Å². The highest BCUT2D eigenvalue weighted by Crippen LogP contribution is 1.87. The maximum absolute atomic E-state index is 5.47. The molecule has 13 heteroatoms. The summed E-state index contributed by atoms with van der Waals surface area (Å²) in [5, 5.41) is 0. The summed E-state index contributed by atoms with van der Waals surface area (Å²) in [5.41, 5.74) is 0. The Bertz CT molecular complexity index is 488. The molecule has 0 aromatic heterocycles. The van der Waals surface area contributed by atoms with Crippen LogP contribution in [0.5, 0.6) is 0 Å². The van der Waals surface area contributed by atoms with E-state index in [9.17, 15) is 0 Å². The zero-order valence-corrected chi connectivity index (χ0v) is 26.0. The van der Waals surface area contributed by atoms with Crippen LogP contribution in [0, 0.1) is 0 Å². The van der Waals surface area contributed by atoms with Crippen LogP contribution in [-0.4, -0.2) is 172 Å². The molecule has 0 bridgehead atoms. The van der Waals surface area contributed by atoms with Crippen LogP contribution in [0.2, 0.25) is 0 Å². The van der Waals surface area contributed by atoms with Crippen LogP contribution in [0.4, 0.5) is 0 Å². The summed E-state index contributed by atoms with van der Waals surface area (Å²) in [7, 11) is 0. The van der Waals surface area contributed by atoms with Gasteiger partial charge in [-0.15, -0.1) is 6.58 Å². The molecule has 0 aromatic rings. The molecular formula is C29H58O13. The SMILES string of the molecule is C=CCOCCOCCOCCOCCOCCOCCOCCOCCOCCOCCOCCOCCOCC. The van der Waals surface area contributed by atoms with Crippen LogP contribution in [0.25, 0.3) is 0 Å². The van der Waals surface area contributed by atoms with Crippen LogP contribution in [0.15, 0.2) is 12.7 Å². The molecule has 0 heterocycles. The van der Waals surface area contributed by atoms with Crippen molar-refractivity contribution in [2.24, 2.45) is 0 Å². The summed E-state index contributed by atoms with van der Waals surface area (Å²) >= 11 is 0. The second-order valence-corrected chi connectivity index (χ2v) is 8.30. The van der Waals surface area contributed by atoms with Crippen molar-refractivity contribution in [1.29, 1.82) is 0 Å². The fourth-order valence-corrected chi connectivity index (χ4v) is 2.85. The largest absolute Gasteiger partial charge is 0.379 e. The molecule has 0 amide bonds. The molecule has 0 rings (SSSR count). The maximum atomic E-state index is 5.47. The predicted molar refractivity (Wildman–Crippen MR) is 157 cm³/mol. The molecule has 42 heavy (non-hydrogen) atoms. The van der Waals surface area contributed by atoms with E-state index in [-0.39, 0.29) is 0 Å². The zero-order chi connectivity index (χ0) is 30.3. The highest BCUT2D eigenvalue weighted by Gasteiger charge is 1.96. The standard InChI is InChI=1S/C29H58O13/c1-3-5-31-8-9-33-12-13-35-16-17-37-20-21-39-24-25-41-28-29-42-27-26-40-23-22-38-19-18-36-15-14-34-11-10-32-7-6-30-4-2/h3H,1,4-29H2,2H3. The molecule has 0 unspecified atom stereocenters. The molecule has 252 valence electrons. The molecule has 0 aliphatic carbocycles. The van der Waals surface area contributed by atoms with E-state index in [0.717, 1.165) is 0 Å². The first kappa shape index (κ1) is 41.2. The van der Waals surface area contributed by atoms with Gasteiger partial charge in [-0.05, 0) is 6.92 Å². The van der Waals surface area contributed by atoms with Gasteiger partial charge < -0.3 is 61.6 Å². The Morgan fingerprint density at radius 1 is 0.286 bits per heavy atom. The molecule has 0 aromatic carbocycles. The van der Waals surface area contributed by atoms with E-state index < -0.39 is 0 Å². The van der Waals surface area contributed by atoms with E-state index in [4.69, 9.17) is 61.6 Å². The minimum absolute atomic E-state index is 0.513. The Kier molecular flexibility index (Phi) is 39.5. The predicted octanol–water partition coefficient (Wildman–Crippen LogP) is 1.41. The van der Waals surface area contributed by atoms with Crippen molar-refractivity contribution in [2.45, 2.75) is 6.92 Å². The minimum Gasteiger partial charge on any atom is -0.379 e. The van der Waals surface area contributed by atoms with Gasteiger partial charge in [0.2, 0.25) is 0 Å². The van der Waals surface area contributed by atoms with E-state index in [1.807, 2.05) is 6.92 Å². The molecule has 0 saturated heterocycles. The molecule has 0 atom stereocenters. The van der Waals surface area contributed by atoms with Crippen molar-refractivity contribution >= 4 is 0 Å². The van der Waals surface area contributed by atoms with Gasteiger partial charge >= 0.3 is 0 Å².